The van der Waals surface area contributed by atoms with Gasteiger partial charge in [0.2, 0.25) is 0 Å². The highest BCUT2D eigenvalue weighted by Crippen LogP contribution is 2.37. The van der Waals surface area contributed by atoms with Crippen molar-refractivity contribution in [2.75, 3.05) is 4.90 Å². The first-order chi connectivity index (χ1) is 13.0. The monoisotopic (exact) mass is 433 g/mol. The number of rotatable bonds is 4. The molecule has 4 aromatic rings. The molecule has 0 fully saturated rings. The minimum atomic E-state index is -0.162. The normalized spacial score (nSPS) is 11.1. The summed E-state index contributed by atoms with van der Waals surface area (Å²) in [4.78, 5) is 24.4. The number of anilines is 1. The maximum absolute atomic E-state index is 13.2. The van der Waals surface area contributed by atoms with Crippen LogP contribution in [0, 0.1) is 6.92 Å². The maximum Gasteiger partial charge on any atom is 0.270 e. The first-order valence-corrected chi connectivity index (χ1v) is 10.4. The smallest absolute Gasteiger partial charge is 0.270 e. The molecule has 3 heterocycles. The Labute approximate surface area is 174 Å². The SMILES string of the molecule is Cc1ccc(Cl)c2sc(N(Cc3ccccn3)C(=O)c3ccc(Cl)s3)nc12. The van der Waals surface area contributed by atoms with E-state index in [0.717, 1.165) is 21.5 Å². The summed E-state index contributed by atoms with van der Waals surface area (Å²) in [5, 5.41) is 1.21. The number of fused-ring (bicyclic) bond motifs is 1. The lowest BCUT2D eigenvalue weighted by molar-refractivity contribution is 0.0988. The summed E-state index contributed by atoms with van der Waals surface area (Å²) >= 11 is 15.0. The van der Waals surface area contributed by atoms with E-state index in [0.29, 0.717) is 25.9 Å². The third kappa shape index (κ3) is 3.71. The average Bonchev–Trinajstić information content (AvgIpc) is 3.30. The molecule has 0 saturated heterocycles. The van der Waals surface area contributed by atoms with E-state index >= 15 is 0 Å². The number of hydrogen-bond acceptors (Lipinski definition) is 5. The second-order valence-electron chi connectivity index (χ2n) is 5.85. The summed E-state index contributed by atoms with van der Waals surface area (Å²) in [7, 11) is 0. The Kier molecular flexibility index (Phi) is 5.14. The molecule has 0 radical (unpaired) electrons. The van der Waals surface area contributed by atoms with Crippen LogP contribution in [0.5, 0.6) is 0 Å². The molecule has 1 amide bonds. The molecule has 136 valence electrons. The van der Waals surface area contributed by atoms with Gasteiger partial charge in [0.15, 0.2) is 5.13 Å². The molecule has 8 heteroatoms. The Hall–Kier alpha value is -1.99. The van der Waals surface area contributed by atoms with Crippen molar-refractivity contribution >= 4 is 67.1 Å². The van der Waals surface area contributed by atoms with Gasteiger partial charge in [0.05, 0.1) is 36.7 Å². The van der Waals surface area contributed by atoms with Gasteiger partial charge in [-0.3, -0.25) is 14.7 Å². The van der Waals surface area contributed by atoms with E-state index in [2.05, 4.69) is 4.98 Å². The van der Waals surface area contributed by atoms with Crippen LogP contribution >= 0.6 is 45.9 Å². The third-order valence-electron chi connectivity index (χ3n) is 3.99. The maximum atomic E-state index is 13.2. The van der Waals surface area contributed by atoms with Gasteiger partial charge >= 0.3 is 0 Å². The highest BCUT2D eigenvalue weighted by Gasteiger charge is 2.24. The Morgan fingerprint density at radius 1 is 1.11 bits per heavy atom. The van der Waals surface area contributed by atoms with E-state index in [4.69, 9.17) is 28.2 Å². The molecule has 27 heavy (non-hydrogen) atoms. The fourth-order valence-electron chi connectivity index (χ4n) is 2.65. The van der Waals surface area contributed by atoms with E-state index in [9.17, 15) is 4.79 Å². The summed E-state index contributed by atoms with van der Waals surface area (Å²) < 4.78 is 1.44. The third-order valence-corrected chi connectivity index (χ3v) is 6.75. The van der Waals surface area contributed by atoms with E-state index in [-0.39, 0.29) is 5.91 Å². The van der Waals surface area contributed by atoms with Crippen LogP contribution < -0.4 is 4.90 Å². The van der Waals surface area contributed by atoms with E-state index in [1.165, 1.54) is 22.7 Å². The lowest BCUT2D eigenvalue weighted by Crippen LogP contribution is -2.30. The van der Waals surface area contributed by atoms with Gasteiger partial charge in [-0.2, -0.15) is 0 Å². The Bertz CT molecular complexity index is 1090. The summed E-state index contributed by atoms with van der Waals surface area (Å²) in [6.45, 7) is 2.29. The fourth-order valence-corrected chi connectivity index (χ4v) is 4.95. The zero-order chi connectivity index (χ0) is 19.0. The Balaban J connectivity index is 1.81. The molecule has 4 nitrogen and oxygen atoms in total. The zero-order valence-electron chi connectivity index (χ0n) is 14.1. The molecule has 0 aliphatic rings. The standard InChI is InChI=1S/C19H13Cl2N3OS2/c1-11-5-6-13(20)17-16(11)23-19(27-17)24(10-12-4-2-3-9-22-12)18(25)14-7-8-15(21)26-14/h2-9H,10H2,1H3. The first kappa shape index (κ1) is 18.4. The van der Waals surface area contributed by atoms with Crippen molar-refractivity contribution in [2.45, 2.75) is 13.5 Å². The molecule has 1 aromatic carbocycles. The van der Waals surface area contributed by atoms with E-state index in [1.807, 2.05) is 37.3 Å². The number of pyridine rings is 1. The van der Waals surface area contributed by atoms with Crippen LogP contribution in [-0.4, -0.2) is 15.9 Å². The molecule has 4 rings (SSSR count). The Morgan fingerprint density at radius 2 is 1.96 bits per heavy atom. The van der Waals surface area contributed by atoms with E-state index in [1.54, 1.807) is 23.2 Å². The molecule has 0 saturated carbocycles. The summed E-state index contributed by atoms with van der Waals surface area (Å²) in [6, 6.07) is 12.8. The molecule has 0 unspecified atom stereocenters. The number of aryl methyl sites for hydroxylation is 1. The van der Waals surface area contributed by atoms with Gasteiger partial charge < -0.3 is 0 Å². The summed E-state index contributed by atoms with van der Waals surface area (Å²) in [5.41, 5.74) is 2.60. The van der Waals surface area contributed by atoms with Gasteiger partial charge in [-0.15, -0.1) is 11.3 Å². The summed E-state index contributed by atoms with van der Waals surface area (Å²) in [6.07, 6.45) is 1.71. The fraction of sp³-hybridized carbons (Fsp3) is 0.105. The molecule has 0 atom stereocenters. The number of thiazole rings is 1. The molecular weight excluding hydrogens is 421 g/mol. The van der Waals surface area contributed by atoms with Crippen LogP contribution in [0.3, 0.4) is 0 Å². The Morgan fingerprint density at radius 3 is 2.63 bits per heavy atom. The minimum Gasteiger partial charge on any atom is -0.277 e. The van der Waals surface area contributed by atoms with Gasteiger partial charge in [0.1, 0.15) is 0 Å². The quantitative estimate of drug-likeness (QED) is 0.383. The number of carbonyl (C=O) groups excluding carboxylic acids is 1. The van der Waals surface area contributed by atoms with Crippen molar-refractivity contribution in [3.8, 4) is 0 Å². The van der Waals surface area contributed by atoms with Gasteiger partial charge in [-0.25, -0.2) is 4.98 Å². The number of hydrogen-bond donors (Lipinski definition) is 0. The topological polar surface area (TPSA) is 46.1 Å². The van der Waals surface area contributed by atoms with Crippen molar-refractivity contribution in [3.05, 3.63) is 74.2 Å². The minimum absolute atomic E-state index is 0.162. The van der Waals surface area contributed by atoms with Gasteiger partial charge in [-0.05, 0) is 42.8 Å². The van der Waals surface area contributed by atoms with Crippen molar-refractivity contribution in [1.82, 2.24) is 9.97 Å². The second kappa shape index (κ2) is 7.56. The zero-order valence-corrected chi connectivity index (χ0v) is 17.3. The number of amides is 1. The molecular formula is C19H13Cl2N3OS2. The van der Waals surface area contributed by atoms with Crippen molar-refractivity contribution < 1.29 is 4.79 Å². The van der Waals surface area contributed by atoms with Crippen molar-refractivity contribution in [2.24, 2.45) is 0 Å². The summed E-state index contributed by atoms with van der Waals surface area (Å²) in [5.74, 6) is -0.162. The molecule has 0 bridgehead atoms. The lowest BCUT2D eigenvalue weighted by Gasteiger charge is -2.18. The van der Waals surface area contributed by atoms with Crippen LogP contribution in [0.2, 0.25) is 9.36 Å². The van der Waals surface area contributed by atoms with Crippen molar-refractivity contribution in [1.29, 1.82) is 0 Å². The van der Waals surface area contributed by atoms with Crippen LogP contribution in [0.25, 0.3) is 10.2 Å². The van der Waals surface area contributed by atoms with Gasteiger partial charge in [0.25, 0.3) is 5.91 Å². The lowest BCUT2D eigenvalue weighted by atomic mass is 10.2. The first-order valence-electron chi connectivity index (χ1n) is 8.05. The number of benzene rings is 1. The molecule has 3 aromatic heterocycles. The van der Waals surface area contributed by atoms with Crippen LogP contribution in [0.15, 0.2) is 48.7 Å². The molecule has 0 aliphatic carbocycles. The predicted molar refractivity (Wildman–Crippen MR) is 113 cm³/mol. The van der Waals surface area contributed by atoms with Crippen LogP contribution in [0.1, 0.15) is 20.9 Å². The van der Waals surface area contributed by atoms with E-state index < -0.39 is 0 Å². The predicted octanol–water partition coefficient (Wildman–Crippen LogP) is 6.22. The number of thiophene rings is 1. The molecule has 0 aliphatic heterocycles. The average molecular weight is 434 g/mol. The highest BCUT2D eigenvalue weighted by molar-refractivity contribution is 7.23. The van der Waals surface area contributed by atoms with Gasteiger partial charge in [0, 0.05) is 6.20 Å². The number of carbonyl (C=O) groups is 1. The largest absolute Gasteiger partial charge is 0.277 e. The van der Waals surface area contributed by atoms with Gasteiger partial charge in [-0.1, -0.05) is 46.7 Å². The van der Waals surface area contributed by atoms with Crippen LogP contribution in [-0.2, 0) is 6.54 Å². The number of aromatic nitrogens is 2. The molecule has 0 spiro atoms. The number of nitrogens with zero attached hydrogens (tertiary/aromatic N) is 3. The second-order valence-corrected chi connectivity index (χ2v) is 8.95. The van der Waals surface area contributed by atoms with Crippen molar-refractivity contribution in [3.63, 3.8) is 0 Å². The molecule has 0 N–H and O–H groups in total. The van der Waals surface area contributed by atoms with Crippen LogP contribution in [0.4, 0.5) is 5.13 Å². The number of halogens is 2. The highest BCUT2D eigenvalue weighted by atomic mass is 35.5.